The normalized spacial score (nSPS) is 15.5. The summed E-state index contributed by atoms with van der Waals surface area (Å²) in [5.74, 6) is 0.294. The van der Waals surface area contributed by atoms with E-state index in [1.54, 1.807) is 38.2 Å². The number of aromatic nitrogens is 1. The van der Waals surface area contributed by atoms with E-state index < -0.39 is 0 Å². The number of amidine groups is 1. The molecule has 0 spiro atoms. The molecule has 0 radical (unpaired) electrons. The van der Waals surface area contributed by atoms with Crippen molar-refractivity contribution in [1.29, 1.82) is 0 Å². The van der Waals surface area contributed by atoms with E-state index in [0.29, 0.717) is 35.4 Å². The molecule has 3 aromatic rings. The van der Waals surface area contributed by atoms with Crippen molar-refractivity contribution in [2.45, 2.75) is 20.8 Å². The average Bonchev–Trinajstić information content (AvgIpc) is 3.37. The van der Waals surface area contributed by atoms with Gasteiger partial charge in [0.25, 0.3) is 5.91 Å². The number of hydrogen-bond donors (Lipinski definition) is 0. The molecule has 4 rings (SSSR count). The monoisotopic (exact) mass is 533 g/mol. The van der Waals surface area contributed by atoms with E-state index in [4.69, 9.17) is 19.2 Å². The molecule has 1 saturated heterocycles. The first-order valence-corrected chi connectivity index (χ1v) is 13.1. The predicted molar refractivity (Wildman–Crippen MR) is 150 cm³/mol. The van der Waals surface area contributed by atoms with Crippen LogP contribution in [0.5, 0.6) is 5.75 Å². The van der Waals surface area contributed by atoms with Gasteiger partial charge in [-0.2, -0.15) is 0 Å². The number of ether oxygens (including phenoxy) is 3. The number of thioether (sulfide) groups is 1. The maximum atomic E-state index is 13.4. The minimum absolute atomic E-state index is 0.108. The number of hydrogen-bond acceptors (Lipinski definition) is 7. The zero-order chi connectivity index (χ0) is 27.2. The Morgan fingerprint density at radius 1 is 1.05 bits per heavy atom. The quantitative estimate of drug-likeness (QED) is 0.266. The van der Waals surface area contributed by atoms with Gasteiger partial charge < -0.3 is 18.8 Å². The second-order valence-electron chi connectivity index (χ2n) is 8.58. The lowest BCUT2D eigenvalue weighted by atomic mass is 10.2. The van der Waals surface area contributed by atoms with Gasteiger partial charge in [0.15, 0.2) is 5.17 Å². The summed E-state index contributed by atoms with van der Waals surface area (Å²) in [5, 5.41) is 0.604. The maximum Gasteiger partial charge on any atom is 0.338 e. The molecule has 198 valence electrons. The number of benzene rings is 2. The molecule has 0 unspecified atom stereocenters. The van der Waals surface area contributed by atoms with Crippen molar-refractivity contribution < 1.29 is 23.8 Å². The van der Waals surface area contributed by atoms with Crippen molar-refractivity contribution in [2.75, 3.05) is 34.0 Å². The van der Waals surface area contributed by atoms with Crippen LogP contribution in [0, 0.1) is 13.8 Å². The summed E-state index contributed by atoms with van der Waals surface area (Å²) in [6, 6.07) is 16.7. The number of esters is 1. The molecule has 2 heterocycles. The first-order valence-electron chi connectivity index (χ1n) is 12.3. The standard InChI is InChI=1S/C29H31N3O5S/c1-6-37-28(34)21-7-11-24(12-8-21)32-19(2)17-22(20(32)3)18-26-27(33)31(15-16-35-4)29(38-26)30-23-9-13-25(36-5)14-10-23/h7-14,17-18H,6,15-16H2,1-5H3/b26-18-,30-29?. The molecule has 0 N–H and O–H groups in total. The third kappa shape index (κ3) is 5.84. The Morgan fingerprint density at radius 2 is 1.76 bits per heavy atom. The zero-order valence-corrected chi connectivity index (χ0v) is 23.0. The molecule has 0 saturated carbocycles. The molecule has 8 nitrogen and oxygen atoms in total. The van der Waals surface area contributed by atoms with Gasteiger partial charge in [-0.25, -0.2) is 9.79 Å². The predicted octanol–water partition coefficient (Wildman–Crippen LogP) is 5.53. The van der Waals surface area contributed by atoms with Gasteiger partial charge in [0, 0.05) is 24.2 Å². The zero-order valence-electron chi connectivity index (χ0n) is 22.2. The van der Waals surface area contributed by atoms with E-state index in [-0.39, 0.29) is 11.9 Å². The van der Waals surface area contributed by atoms with Gasteiger partial charge in [-0.15, -0.1) is 0 Å². The summed E-state index contributed by atoms with van der Waals surface area (Å²) in [7, 11) is 3.23. The summed E-state index contributed by atoms with van der Waals surface area (Å²) in [4.78, 5) is 32.4. The van der Waals surface area contributed by atoms with Crippen LogP contribution in [-0.2, 0) is 14.3 Å². The SMILES string of the molecule is CCOC(=O)c1ccc(-n2c(C)cc(/C=C3\SC(=Nc4ccc(OC)cc4)N(CCOC)C3=O)c2C)cc1. The number of nitrogens with zero attached hydrogens (tertiary/aromatic N) is 3. The molecular weight excluding hydrogens is 502 g/mol. The number of aryl methyl sites for hydroxylation is 1. The van der Waals surface area contributed by atoms with E-state index in [9.17, 15) is 9.59 Å². The fourth-order valence-corrected chi connectivity index (χ4v) is 5.19. The second kappa shape index (κ2) is 12.1. The lowest BCUT2D eigenvalue weighted by Crippen LogP contribution is -2.32. The van der Waals surface area contributed by atoms with Crippen molar-refractivity contribution in [2.24, 2.45) is 4.99 Å². The molecule has 9 heteroatoms. The summed E-state index contributed by atoms with van der Waals surface area (Å²) in [6.07, 6.45) is 1.91. The van der Waals surface area contributed by atoms with Crippen molar-refractivity contribution in [3.05, 3.63) is 82.0 Å². The third-order valence-corrected chi connectivity index (χ3v) is 7.10. The van der Waals surface area contributed by atoms with Crippen LogP contribution in [0.2, 0.25) is 0 Å². The Hall–Kier alpha value is -3.82. The van der Waals surface area contributed by atoms with Gasteiger partial charge >= 0.3 is 5.97 Å². The number of aliphatic imine (C=N–C) groups is 1. The molecule has 1 amide bonds. The summed E-state index contributed by atoms with van der Waals surface area (Å²) in [6.45, 7) is 6.95. The Kier molecular flexibility index (Phi) is 8.70. The second-order valence-corrected chi connectivity index (χ2v) is 9.59. The van der Waals surface area contributed by atoms with E-state index >= 15 is 0 Å². The summed E-state index contributed by atoms with van der Waals surface area (Å²) >= 11 is 1.35. The van der Waals surface area contributed by atoms with Crippen LogP contribution in [0.1, 0.15) is 34.2 Å². The van der Waals surface area contributed by atoms with Crippen molar-refractivity contribution in [1.82, 2.24) is 9.47 Å². The fraction of sp³-hybridized carbons (Fsp3) is 0.276. The van der Waals surface area contributed by atoms with Crippen LogP contribution in [0.3, 0.4) is 0 Å². The van der Waals surface area contributed by atoms with Crippen LogP contribution >= 0.6 is 11.8 Å². The Morgan fingerprint density at radius 3 is 2.39 bits per heavy atom. The smallest absolute Gasteiger partial charge is 0.338 e. The van der Waals surface area contributed by atoms with Gasteiger partial charge in [-0.05, 0) is 98.8 Å². The van der Waals surface area contributed by atoms with Gasteiger partial charge in [0.2, 0.25) is 0 Å². The number of methoxy groups -OCH3 is 2. The van der Waals surface area contributed by atoms with Crippen molar-refractivity contribution in [3.63, 3.8) is 0 Å². The van der Waals surface area contributed by atoms with E-state index in [2.05, 4.69) is 4.57 Å². The molecule has 38 heavy (non-hydrogen) atoms. The number of carbonyl (C=O) groups is 2. The summed E-state index contributed by atoms with van der Waals surface area (Å²) < 4.78 is 17.6. The van der Waals surface area contributed by atoms with Crippen molar-refractivity contribution in [3.8, 4) is 11.4 Å². The third-order valence-electron chi connectivity index (χ3n) is 6.10. The van der Waals surface area contributed by atoms with Gasteiger partial charge in [-0.3, -0.25) is 9.69 Å². The highest BCUT2D eigenvalue weighted by molar-refractivity contribution is 8.18. The minimum Gasteiger partial charge on any atom is -0.497 e. The highest BCUT2D eigenvalue weighted by atomic mass is 32.2. The topological polar surface area (TPSA) is 82.4 Å². The fourth-order valence-electron chi connectivity index (χ4n) is 4.17. The Bertz CT molecular complexity index is 1370. The van der Waals surface area contributed by atoms with Crippen LogP contribution in [0.4, 0.5) is 5.69 Å². The molecule has 1 fully saturated rings. The largest absolute Gasteiger partial charge is 0.497 e. The van der Waals surface area contributed by atoms with Gasteiger partial charge in [-0.1, -0.05) is 0 Å². The number of carbonyl (C=O) groups excluding carboxylic acids is 2. The lowest BCUT2D eigenvalue weighted by Gasteiger charge is -2.14. The lowest BCUT2D eigenvalue weighted by molar-refractivity contribution is -0.122. The Labute approximate surface area is 226 Å². The number of amides is 1. The van der Waals surface area contributed by atoms with Crippen LogP contribution in [0.25, 0.3) is 11.8 Å². The van der Waals surface area contributed by atoms with Crippen LogP contribution in [0.15, 0.2) is 64.5 Å². The molecule has 1 aromatic heterocycles. The first kappa shape index (κ1) is 27.2. The molecule has 1 aliphatic heterocycles. The van der Waals surface area contributed by atoms with Crippen LogP contribution < -0.4 is 4.74 Å². The molecule has 0 bridgehead atoms. The highest BCUT2D eigenvalue weighted by Crippen LogP contribution is 2.35. The number of rotatable bonds is 9. The maximum absolute atomic E-state index is 13.4. The van der Waals surface area contributed by atoms with E-state index in [1.807, 2.05) is 62.4 Å². The molecular formula is C29H31N3O5S. The van der Waals surface area contributed by atoms with Crippen LogP contribution in [-0.4, -0.2) is 60.5 Å². The van der Waals surface area contributed by atoms with E-state index in [0.717, 1.165) is 34.1 Å². The molecule has 0 atom stereocenters. The van der Waals surface area contributed by atoms with Gasteiger partial charge in [0.1, 0.15) is 5.75 Å². The summed E-state index contributed by atoms with van der Waals surface area (Å²) in [5.41, 5.74) is 5.09. The Balaban J connectivity index is 1.64. The molecule has 2 aromatic carbocycles. The first-order chi connectivity index (χ1) is 18.4. The molecule has 1 aliphatic rings. The highest BCUT2D eigenvalue weighted by Gasteiger charge is 2.33. The van der Waals surface area contributed by atoms with E-state index in [1.165, 1.54) is 11.8 Å². The average molecular weight is 534 g/mol. The van der Waals surface area contributed by atoms with Crippen molar-refractivity contribution >= 4 is 40.6 Å². The van der Waals surface area contributed by atoms with Gasteiger partial charge in [0.05, 0.1) is 43.0 Å². The molecule has 0 aliphatic carbocycles. The minimum atomic E-state index is -0.340.